The average molecular weight is 316 g/mol. The molecular formula is C16H20N4O3. The Kier molecular flexibility index (Phi) is 3.09. The van der Waals surface area contributed by atoms with Crippen LogP contribution in [0.1, 0.15) is 47.6 Å². The van der Waals surface area contributed by atoms with Gasteiger partial charge in [0.05, 0.1) is 11.4 Å². The van der Waals surface area contributed by atoms with Crippen molar-refractivity contribution in [3.63, 3.8) is 0 Å². The van der Waals surface area contributed by atoms with Crippen LogP contribution in [0.3, 0.4) is 0 Å². The van der Waals surface area contributed by atoms with E-state index in [0.717, 1.165) is 18.5 Å². The lowest BCUT2D eigenvalue weighted by Crippen LogP contribution is -2.52. The van der Waals surface area contributed by atoms with Gasteiger partial charge in [-0.1, -0.05) is 5.16 Å². The molecule has 4 heterocycles. The van der Waals surface area contributed by atoms with Crippen LogP contribution in [0, 0.1) is 6.92 Å². The summed E-state index contributed by atoms with van der Waals surface area (Å²) in [6, 6.07) is 3.57. The fraction of sp³-hybridized carbons (Fsp3) is 0.562. The maximum atomic E-state index is 12.7. The summed E-state index contributed by atoms with van der Waals surface area (Å²) >= 11 is 0. The fourth-order valence-electron chi connectivity index (χ4n) is 4.19. The third-order valence-electron chi connectivity index (χ3n) is 5.14. The van der Waals surface area contributed by atoms with Crippen molar-refractivity contribution in [3.8, 4) is 0 Å². The van der Waals surface area contributed by atoms with Crippen LogP contribution < -0.4 is 0 Å². The normalized spacial score (nSPS) is 30.0. The molecule has 2 aliphatic heterocycles. The van der Waals surface area contributed by atoms with Gasteiger partial charge >= 0.3 is 0 Å². The Bertz CT molecular complexity index is 736. The van der Waals surface area contributed by atoms with Crippen LogP contribution in [-0.2, 0) is 12.6 Å². The van der Waals surface area contributed by atoms with Gasteiger partial charge in [0.15, 0.2) is 0 Å². The van der Waals surface area contributed by atoms with Crippen LogP contribution >= 0.6 is 0 Å². The molecule has 7 heteroatoms. The Morgan fingerprint density at radius 3 is 2.61 bits per heavy atom. The molecule has 122 valence electrons. The number of nitrogens with zero attached hydrogens (tertiary/aromatic N) is 4. The summed E-state index contributed by atoms with van der Waals surface area (Å²) < 4.78 is 6.85. The third-order valence-corrected chi connectivity index (χ3v) is 5.14. The molecule has 23 heavy (non-hydrogen) atoms. The van der Waals surface area contributed by atoms with Crippen molar-refractivity contribution in [3.05, 3.63) is 35.5 Å². The van der Waals surface area contributed by atoms with E-state index in [9.17, 15) is 9.90 Å². The zero-order chi connectivity index (χ0) is 16.2. The summed E-state index contributed by atoms with van der Waals surface area (Å²) in [5, 5.41) is 19.1. The predicted octanol–water partition coefficient (Wildman–Crippen LogP) is 1.37. The van der Waals surface area contributed by atoms with Crippen LogP contribution in [0.25, 0.3) is 0 Å². The second-order valence-corrected chi connectivity index (χ2v) is 6.71. The van der Waals surface area contributed by atoms with Gasteiger partial charge in [-0.2, -0.15) is 5.10 Å². The number of hydrogen-bond donors (Lipinski definition) is 1. The molecule has 0 aliphatic carbocycles. The fourth-order valence-corrected chi connectivity index (χ4v) is 4.19. The van der Waals surface area contributed by atoms with Gasteiger partial charge in [-0.3, -0.25) is 9.48 Å². The first-order valence-corrected chi connectivity index (χ1v) is 7.95. The Morgan fingerprint density at radius 2 is 2.09 bits per heavy atom. The number of aromatic nitrogens is 3. The number of amides is 1. The van der Waals surface area contributed by atoms with Gasteiger partial charge in [0.2, 0.25) is 5.76 Å². The van der Waals surface area contributed by atoms with Crippen LogP contribution in [-0.4, -0.2) is 42.9 Å². The number of aryl methyl sites for hydroxylation is 2. The molecule has 2 bridgehead atoms. The first-order valence-electron chi connectivity index (χ1n) is 7.95. The summed E-state index contributed by atoms with van der Waals surface area (Å²) in [5.74, 6) is 0.163. The van der Waals surface area contributed by atoms with Crippen molar-refractivity contribution in [1.82, 2.24) is 19.8 Å². The summed E-state index contributed by atoms with van der Waals surface area (Å²) in [6.07, 6.45) is 4.57. The smallest absolute Gasteiger partial charge is 0.292 e. The number of carbonyl (C=O) groups is 1. The van der Waals surface area contributed by atoms with Crippen molar-refractivity contribution in [2.24, 2.45) is 7.05 Å². The van der Waals surface area contributed by atoms with E-state index in [4.69, 9.17) is 4.52 Å². The van der Waals surface area contributed by atoms with E-state index in [-0.39, 0.29) is 23.8 Å². The Morgan fingerprint density at radius 1 is 1.39 bits per heavy atom. The van der Waals surface area contributed by atoms with Gasteiger partial charge in [0.25, 0.3) is 5.91 Å². The van der Waals surface area contributed by atoms with E-state index in [1.54, 1.807) is 23.9 Å². The zero-order valence-electron chi connectivity index (χ0n) is 13.3. The zero-order valence-corrected chi connectivity index (χ0v) is 13.3. The highest BCUT2D eigenvalue weighted by atomic mass is 16.5. The van der Waals surface area contributed by atoms with Gasteiger partial charge in [-0.05, 0) is 25.8 Å². The highest BCUT2D eigenvalue weighted by Gasteiger charge is 2.51. The van der Waals surface area contributed by atoms with Gasteiger partial charge in [0.1, 0.15) is 5.60 Å². The van der Waals surface area contributed by atoms with E-state index in [1.807, 2.05) is 18.0 Å². The highest BCUT2D eigenvalue weighted by Crippen LogP contribution is 2.46. The van der Waals surface area contributed by atoms with Crippen molar-refractivity contribution in [1.29, 1.82) is 0 Å². The number of aliphatic hydroxyl groups is 1. The molecule has 0 aromatic carbocycles. The minimum absolute atomic E-state index is 0.0200. The maximum absolute atomic E-state index is 12.7. The minimum atomic E-state index is -0.925. The number of fused-ring (bicyclic) bond motifs is 2. The summed E-state index contributed by atoms with van der Waals surface area (Å²) in [5.41, 5.74) is 0.590. The largest absolute Gasteiger partial charge is 0.383 e. The standard InChI is InChI=1S/C16H20N4O3/c1-10-7-13(23-18-10)15(21)20-11-3-4-12(20)9-16(22,8-11)14-5-6-17-19(14)2/h5-7,11-12,22H,3-4,8-9H2,1-2H3. The molecule has 0 spiro atoms. The number of carbonyl (C=O) groups excluding carboxylic acids is 1. The average Bonchev–Trinajstić information content (AvgIpc) is 3.18. The number of piperidine rings is 1. The predicted molar refractivity (Wildman–Crippen MR) is 80.6 cm³/mol. The molecule has 7 nitrogen and oxygen atoms in total. The molecule has 0 saturated carbocycles. The van der Waals surface area contributed by atoms with Crippen LogP contribution in [0.5, 0.6) is 0 Å². The molecule has 2 aromatic rings. The number of hydrogen-bond acceptors (Lipinski definition) is 5. The first-order chi connectivity index (χ1) is 11.0. The molecule has 1 N–H and O–H groups in total. The van der Waals surface area contributed by atoms with Gasteiger partial charge < -0.3 is 14.5 Å². The van der Waals surface area contributed by atoms with Crippen molar-refractivity contribution in [2.75, 3.05) is 0 Å². The second kappa shape index (κ2) is 4.92. The molecule has 2 aromatic heterocycles. The van der Waals surface area contributed by atoms with E-state index >= 15 is 0 Å². The molecular weight excluding hydrogens is 296 g/mol. The molecule has 2 atom stereocenters. The van der Waals surface area contributed by atoms with Gasteiger partial charge in [-0.15, -0.1) is 0 Å². The lowest BCUT2D eigenvalue weighted by atomic mass is 9.83. The molecule has 0 radical (unpaired) electrons. The Balaban J connectivity index is 1.61. The maximum Gasteiger partial charge on any atom is 0.292 e. The van der Waals surface area contributed by atoms with E-state index < -0.39 is 5.60 Å². The lowest BCUT2D eigenvalue weighted by Gasteiger charge is -2.43. The first kappa shape index (κ1) is 14.4. The molecule has 4 rings (SSSR count). The highest BCUT2D eigenvalue weighted by molar-refractivity contribution is 5.92. The van der Waals surface area contributed by atoms with E-state index in [0.29, 0.717) is 18.5 Å². The van der Waals surface area contributed by atoms with Crippen LogP contribution in [0.2, 0.25) is 0 Å². The summed E-state index contributed by atoms with van der Waals surface area (Å²) in [7, 11) is 1.84. The van der Waals surface area contributed by atoms with Crippen LogP contribution in [0.4, 0.5) is 0 Å². The number of rotatable bonds is 2. The van der Waals surface area contributed by atoms with Crippen molar-refractivity contribution in [2.45, 2.75) is 50.3 Å². The Hall–Kier alpha value is -2.15. The van der Waals surface area contributed by atoms with Crippen molar-refractivity contribution < 1.29 is 14.4 Å². The quantitative estimate of drug-likeness (QED) is 0.904. The van der Waals surface area contributed by atoms with Crippen LogP contribution in [0.15, 0.2) is 22.9 Å². The third kappa shape index (κ3) is 2.18. The summed E-state index contributed by atoms with van der Waals surface area (Å²) in [6.45, 7) is 1.80. The SMILES string of the molecule is Cc1cc(C(=O)N2C3CCC2CC(O)(c2ccnn2C)C3)on1. The molecule has 2 fully saturated rings. The minimum Gasteiger partial charge on any atom is -0.383 e. The van der Waals surface area contributed by atoms with Gasteiger partial charge in [-0.25, -0.2) is 0 Å². The molecule has 2 saturated heterocycles. The molecule has 2 aliphatic rings. The van der Waals surface area contributed by atoms with E-state index in [2.05, 4.69) is 10.3 Å². The monoisotopic (exact) mass is 316 g/mol. The lowest BCUT2D eigenvalue weighted by molar-refractivity contribution is -0.0538. The van der Waals surface area contributed by atoms with Crippen molar-refractivity contribution >= 4 is 5.91 Å². The van der Waals surface area contributed by atoms with E-state index in [1.165, 1.54) is 0 Å². The molecule has 1 amide bonds. The summed E-state index contributed by atoms with van der Waals surface area (Å²) in [4.78, 5) is 14.6. The molecule has 2 unspecified atom stereocenters. The second-order valence-electron chi connectivity index (χ2n) is 6.71. The Labute approximate surface area is 133 Å². The van der Waals surface area contributed by atoms with Gasteiger partial charge in [0, 0.05) is 44.2 Å². The topological polar surface area (TPSA) is 84.4 Å².